The molecule has 5 nitrogen and oxygen atoms in total. The fraction of sp³-hybridized carbons (Fsp3) is 0.385. The molecule has 102 valence electrons. The van der Waals surface area contributed by atoms with Crippen LogP contribution in [0.5, 0.6) is 0 Å². The van der Waals surface area contributed by atoms with Crippen LogP contribution in [0.4, 0.5) is 5.95 Å². The molecule has 2 aromatic rings. The Hall–Kier alpha value is -1.71. The lowest BCUT2D eigenvalue weighted by molar-refractivity contribution is 0.567. The summed E-state index contributed by atoms with van der Waals surface area (Å²) in [4.78, 5) is 16.5. The van der Waals surface area contributed by atoms with E-state index in [-0.39, 0.29) is 5.28 Å². The molecule has 3 rings (SSSR count). The Bertz CT molecular complexity index is 657. The van der Waals surface area contributed by atoms with E-state index in [1.54, 1.807) is 6.07 Å². The van der Waals surface area contributed by atoms with Gasteiger partial charge in [0, 0.05) is 13.1 Å². The van der Waals surface area contributed by atoms with Gasteiger partial charge in [-0.05, 0) is 43.0 Å². The summed E-state index contributed by atoms with van der Waals surface area (Å²) in [5.74, 6) is 1.17. The zero-order valence-electron chi connectivity index (χ0n) is 10.7. The van der Waals surface area contributed by atoms with Gasteiger partial charge in [0.05, 0.1) is 4.88 Å². The molecule has 2 aromatic heterocycles. The first kappa shape index (κ1) is 13.3. The molecule has 0 spiro atoms. The highest BCUT2D eigenvalue weighted by atomic mass is 35.5. The number of anilines is 1. The number of thiophene rings is 1. The Morgan fingerprint density at radius 1 is 1.15 bits per heavy atom. The average molecular weight is 306 g/mol. The summed E-state index contributed by atoms with van der Waals surface area (Å²) in [6.45, 7) is 1.90. The lowest BCUT2D eigenvalue weighted by Crippen LogP contribution is -2.31. The van der Waals surface area contributed by atoms with E-state index in [4.69, 9.17) is 16.9 Å². The van der Waals surface area contributed by atoms with E-state index in [1.807, 2.05) is 6.07 Å². The third-order valence-corrected chi connectivity index (χ3v) is 4.33. The maximum atomic E-state index is 8.88. The summed E-state index contributed by atoms with van der Waals surface area (Å²) in [6, 6.07) is 5.72. The van der Waals surface area contributed by atoms with E-state index in [1.165, 1.54) is 17.8 Å². The van der Waals surface area contributed by atoms with E-state index >= 15 is 0 Å². The van der Waals surface area contributed by atoms with Gasteiger partial charge in [-0.25, -0.2) is 0 Å². The third-order valence-electron chi connectivity index (χ3n) is 3.17. The van der Waals surface area contributed by atoms with Gasteiger partial charge in [-0.2, -0.15) is 20.2 Å². The molecule has 1 aliphatic rings. The average Bonchev–Trinajstić information content (AvgIpc) is 2.96. The minimum Gasteiger partial charge on any atom is -0.341 e. The number of hydrogen-bond acceptors (Lipinski definition) is 6. The summed E-state index contributed by atoms with van der Waals surface area (Å²) in [5, 5.41) is 9.08. The van der Waals surface area contributed by atoms with E-state index < -0.39 is 0 Å². The summed E-state index contributed by atoms with van der Waals surface area (Å²) in [6.07, 6.45) is 3.55. The first-order valence-electron chi connectivity index (χ1n) is 6.43. The van der Waals surface area contributed by atoms with Gasteiger partial charge in [-0.3, -0.25) is 0 Å². The van der Waals surface area contributed by atoms with Crippen LogP contribution in [0.25, 0.3) is 10.7 Å². The van der Waals surface area contributed by atoms with Gasteiger partial charge in [-0.1, -0.05) is 0 Å². The molecule has 7 heteroatoms. The smallest absolute Gasteiger partial charge is 0.230 e. The van der Waals surface area contributed by atoms with Crippen LogP contribution < -0.4 is 4.90 Å². The monoisotopic (exact) mass is 305 g/mol. The van der Waals surface area contributed by atoms with Crippen LogP contribution in [0.15, 0.2) is 12.1 Å². The number of nitrogens with zero attached hydrogens (tertiary/aromatic N) is 5. The van der Waals surface area contributed by atoms with E-state index in [2.05, 4.69) is 25.9 Å². The van der Waals surface area contributed by atoms with Crippen LogP contribution in [-0.2, 0) is 0 Å². The van der Waals surface area contributed by atoms with Crippen molar-refractivity contribution in [3.8, 4) is 16.8 Å². The zero-order chi connectivity index (χ0) is 13.9. The maximum absolute atomic E-state index is 8.88. The van der Waals surface area contributed by atoms with Crippen molar-refractivity contribution in [1.29, 1.82) is 5.26 Å². The van der Waals surface area contributed by atoms with Gasteiger partial charge in [-0.15, -0.1) is 11.3 Å². The second kappa shape index (κ2) is 5.73. The van der Waals surface area contributed by atoms with Crippen molar-refractivity contribution in [2.45, 2.75) is 19.3 Å². The predicted octanol–water partition coefficient (Wildman–Crippen LogP) is 3.12. The van der Waals surface area contributed by atoms with Gasteiger partial charge in [0.25, 0.3) is 0 Å². The number of piperidine rings is 1. The van der Waals surface area contributed by atoms with Crippen LogP contribution in [0.1, 0.15) is 24.1 Å². The Labute approximate surface area is 125 Å². The number of halogens is 1. The Kier molecular flexibility index (Phi) is 3.81. The molecule has 0 radical (unpaired) electrons. The van der Waals surface area contributed by atoms with Crippen molar-refractivity contribution in [2.24, 2.45) is 0 Å². The van der Waals surface area contributed by atoms with Gasteiger partial charge in [0.15, 0.2) is 5.82 Å². The topological polar surface area (TPSA) is 65.7 Å². The Balaban J connectivity index is 1.95. The lowest BCUT2D eigenvalue weighted by Gasteiger charge is -2.26. The molecular weight excluding hydrogens is 294 g/mol. The minimum absolute atomic E-state index is 0.197. The summed E-state index contributed by atoms with van der Waals surface area (Å²) in [5.41, 5.74) is 0. The van der Waals surface area contributed by atoms with Crippen molar-refractivity contribution >= 4 is 28.9 Å². The molecule has 0 atom stereocenters. The van der Waals surface area contributed by atoms with Gasteiger partial charge < -0.3 is 4.90 Å². The highest BCUT2D eigenvalue weighted by molar-refractivity contribution is 7.15. The molecule has 0 N–H and O–H groups in total. The summed E-state index contributed by atoms with van der Waals surface area (Å²) < 4.78 is 0. The van der Waals surface area contributed by atoms with Crippen LogP contribution in [0.3, 0.4) is 0 Å². The van der Waals surface area contributed by atoms with Crippen LogP contribution in [-0.4, -0.2) is 28.0 Å². The second-order valence-corrected chi connectivity index (χ2v) is 5.97. The highest BCUT2D eigenvalue weighted by Crippen LogP contribution is 2.27. The van der Waals surface area contributed by atoms with E-state index in [0.29, 0.717) is 16.6 Å². The van der Waals surface area contributed by atoms with Crippen LogP contribution >= 0.6 is 22.9 Å². The van der Waals surface area contributed by atoms with Crippen molar-refractivity contribution in [1.82, 2.24) is 15.0 Å². The molecule has 0 unspecified atom stereocenters. The van der Waals surface area contributed by atoms with Crippen molar-refractivity contribution in [3.05, 3.63) is 22.3 Å². The molecule has 3 heterocycles. The maximum Gasteiger partial charge on any atom is 0.230 e. The predicted molar refractivity (Wildman–Crippen MR) is 78.9 cm³/mol. The zero-order valence-corrected chi connectivity index (χ0v) is 12.3. The second-order valence-electron chi connectivity index (χ2n) is 4.55. The molecule has 0 amide bonds. The SMILES string of the molecule is N#Cc1ccc(-c2nc(Cl)nc(N3CCCCC3)n2)s1. The molecule has 0 aromatic carbocycles. The first-order chi connectivity index (χ1) is 9.76. The van der Waals surface area contributed by atoms with Crippen LogP contribution in [0.2, 0.25) is 5.28 Å². The number of nitriles is 1. The van der Waals surface area contributed by atoms with Gasteiger partial charge >= 0.3 is 0 Å². The number of aromatic nitrogens is 3. The molecule has 0 bridgehead atoms. The molecule has 1 fully saturated rings. The fourth-order valence-corrected chi connectivity index (χ4v) is 3.10. The van der Waals surface area contributed by atoms with E-state index in [0.717, 1.165) is 30.8 Å². The molecule has 0 saturated carbocycles. The molecule has 20 heavy (non-hydrogen) atoms. The third kappa shape index (κ3) is 2.74. The Morgan fingerprint density at radius 3 is 2.65 bits per heavy atom. The molecule has 1 aliphatic heterocycles. The Morgan fingerprint density at radius 2 is 1.95 bits per heavy atom. The molecular formula is C13H12ClN5S. The first-order valence-corrected chi connectivity index (χ1v) is 7.62. The minimum atomic E-state index is 0.197. The summed E-state index contributed by atoms with van der Waals surface area (Å²) >= 11 is 7.37. The standard InChI is InChI=1S/C13H12ClN5S/c14-12-16-11(10-5-4-9(8-15)20-10)17-13(18-12)19-6-2-1-3-7-19/h4-5H,1-3,6-7H2. The van der Waals surface area contributed by atoms with Crippen molar-refractivity contribution in [2.75, 3.05) is 18.0 Å². The number of rotatable bonds is 2. The van der Waals surface area contributed by atoms with Crippen molar-refractivity contribution < 1.29 is 0 Å². The quantitative estimate of drug-likeness (QED) is 0.853. The number of hydrogen-bond donors (Lipinski definition) is 0. The highest BCUT2D eigenvalue weighted by Gasteiger charge is 2.17. The molecule has 0 aliphatic carbocycles. The largest absolute Gasteiger partial charge is 0.341 e. The lowest BCUT2D eigenvalue weighted by atomic mass is 10.1. The van der Waals surface area contributed by atoms with E-state index in [9.17, 15) is 0 Å². The van der Waals surface area contributed by atoms with Crippen LogP contribution in [0, 0.1) is 11.3 Å². The normalized spacial score (nSPS) is 15.1. The fourth-order valence-electron chi connectivity index (χ4n) is 2.20. The molecule has 1 saturated heterocycles. The van der Waals surface area contributed by atoms with Gasteiger partial charge in [0.1, 0.15) is 10.9 Å². The van der Waals surface area contributed by atoms with Gasteiger partial charge in [0.2, 0.25) is 11.2 Å². The van der Waals surface area contributed by atoms with Crippen molar-refractivity contribution in [3.63, 3.8) is 0 Å². The summed E-state index contributed by atoms with van der Waals surface area (Å²) in [7, 11) is 0.